The van der Waals surface area contributed by atoms with Gasteiger partial charge in [0.2, 0.25) is 0 Å². The number of aryl methyl sites for hydroxylation is 1. The summed E-state index contributed by atoms with van der Waals surface area (Å²) in [6.07, 6.45) is 0.941. The molecule has 0 amide bonds. The molecule has 1 heterocycles. The summed E-state index contributed by atoms with van der Waals surface area (Å²) in [6, 6.07) is 0. The molecule has 0 bridgehead atoms. The molecule has 0 radical (unpaired) electrons. The highest BCUT2D eigenvalue weighted by Crippen LogP contribution is 2.07. The number of hydrogen-bond donors (Lipinski definition) is 2. The Kier molecular flexibility index (Phi) is 10.2. The molecule has 0 fully saturated rings. The van der Waals surface area contributed by atoms with Gasteiger partial charge in [-0.25, -0.2) is 4.98 Å². The van der Waals surface area contributed by atoms with Crippen molar-refractivity contribution in [2.75, 3.05) is 19.6 Å². The van der Waals surface area contributed by atoms with Gasteiger partial charge < -0.3 is 10.6 Å². The molecule has 0 aliphatic rings. The molecule has 1 aromatic heterocycles. The third-order valence-corrected chi connectivity index (χ3v) is 3.12. The third-order valence-electron chi connectivity index (χ3n) is 2.30. The van der Waals surface area contributed by atoms with Crippen LogP contribution < -0.4 is 10.6 Å². The van der Waals surface area contributed by atoms with E-state index in [4.69, 9.17) is 0 Å². The lowest BCUT2D eigenvalue weighted by molar-refractivity contribution is 0.656. The topological polar surface area (TPSA) is 49.3 Å². The number of rotatable bonds is 6. The fourth-order valence-electron chi connectivity index (χ4n) is 1.45. The first-order valence-corrected chi connectivity index (χ1v) is 7.43. The Labute approximate surface area is 137 Å². The Bertz CT molecular complexity index is 376. The minimum atomic E-state index is 0. The van der Waals surface area contributed by atoms with Gasteiger partial charge in [-0.1, -0.05) is 13.8 Å². The number of aliphatic imine (C=N–C) groups is 1. The molecule has 0 saturated heterocycles. The van der Waals surface area contributed by atoms with Crippen molar-refractivity contribution in [1.82, 2.24) is 15.6 Å². The first-order chi connectivity index (χ1) is 8.61. The summed E-state index contributed by atoms with van der Waals surface area (Å²) in [6.45, 7) is 11.1. The Morgan fingerprint density at radius 1 is 1.42 bits per heavy atom. The second-order valence-corrected chi connectivity index (χ2v) is 5.71. The number of aromatic nitrogens is 1. The maximum atomic E-state index is 4.53. The molecule has 0 aliphatic carbocycles. The zero-order valence-electron chi connectivity index (χ0n) is 12.2. The molecule has 0 aromatic carbocycles. The maximum Gasteiger partial charge on any atom is 0.191 e. The summed E-state index contributed by atoms with van der Waals surface area (Å²) >= 11 is 1.70. The maximum absolute atomic E-state index is 4.53. The van der Waals surface area contributed by atoms with E-state index in [0.29, 0.717) is 5.92 Å². The largest absolute Gasteiger partial charge is 0.357 e. The molecule has 6 heteroatoms. The molecule has 0 unspecified atom stereocenters. The van der Waals surface area contributed by atoms with E-state index in [0.717, 1.165) is 42.7 Å². The first-order valence-electron chi connectivity index (χ1n) is 6.55. The summed E-state index contributed by atoms with van der Waals surface area (Å²) in [5.41, 5.74) is 1.16. The standard InChI is InChI=1S/C13H24N4S.HI/c1-5-14-13(16-8-10(2)3)15-7-6-12-9-18-11(4)17-12;/h9-10H,5-8H2,1-4H3,(H2,14,15,16);1H. The molecular formula is C13H25IN4S. The van der Waals surface area contributed by atoms with Gasteiger partial charge in [0, 0.05) is 31.4 Å². The van der Waals surface area contributed by atoms with Crippen LogP contribution in [0.3, 0.4) is 0 Å². The van der Waals surface area contributed by atoms with Crippen molar-refractivity contribution in [3.63, 3.8) is 0 Å². The lowest BCUT2D eigenvalue weighted by atomic mass is 10.2. The fraction of sp³-hybridized carbons (Fsp3) is 0.692. The van der Waals surface area contributed by atoms with Crippen LogP contribution in [0.25, 0.3) is 0 Å². The van der Waals surface area contributed by atoms with E-state index in [1.54, 1.807) is 11.3 Å². The molecular weight excluding hydrogens is 371 g/mol. The number of halogens is 1. The highest BCUT2D eigenvalue weighted by atomic mass is 127. The fourth-order valence-corrected chi connectivity index (χ4v) is 2.09. The molecule has 0 spiro atoms. The van der Waals surface area contributed by atoms with E-state index in [1.807, 2.05) is 6.92 Å². The van der Waals surface area contributed by atoms with Gasteiger partial charge in [0.1, 0.15) is 0 Å². The van der Waals surface area contributed by atoms with Crippen molar-refractivity contribution in [3.05, 3.63) is 16.1 Å². The van der Waals surface area contributed by atoms with Crippen molar-refractivity contribution >= 4 is 41.3 Å². The second kappa shape index (κ2) is 10.4. The number of nitrogens with zero attached hydrogens (tertiary/aromatic N) is 2. The summed E-state index contributed by atoms with van der Waals surface area (Å²) in [7, 11) is 0. The molecule has 1 rings (SSSR count). The van der Waals surface area contributed by atoms with Crippen molar-refractivity contribution in [3.8, 4) is 0 Å². The van der Waals surface area contributed by atoms with E-state index in [-0.39, 0.29) is 24.0 Å². The van der Waals surface area contributed by atoms with E-state index in [9.17, 15) is 0 Å². The summed E-state index contributed by atoms with van der Waals surface area (Å²) in [5.74, 6) is 1.49. The number of nitrogens with one attached hydrogen (secondary N) is 2. The van der Waals surface area contributed by atoms with Crippen LogP contribution in [0.2, 0.25) is 0 Å². The first kappa shape index (κ1) is 18.6. The summed E-state index contributed by atoms with van der Waals surface area (Å²) in [4.78, 5) is 8.97. The van der Waals surface area contributed by atoms with Crippen molar-refractivity contribution in [2.24, 2.45) is 10.9 Å². The Balaban J connectivity index is 0.00000324. The minimum Gasteiger partial charge on any atom is -0.357 e. The average Bonchev–Trinajstić information content (AvgIpc) is 2.72. The van der Waals surface area contributed by atoms with Crippen molar-refractivity contribution in [1.29, 1.82) is 0 Å². The second-order valence-electron chi connectivity index (χ2n) is 4.65. The molecule has 4 nitrogen and oxygen atoms in total. The number of thiazole rings is 1. The van der Waals surface area contributed by atoms with Crippen LogP contribution in [0.5, 0.6) is 0 Å². The third kappa shape index (κ3) is 8.41. The normalized spacial score (nSPS) is 11.3. The van der Waals surface area contributed by atoms with Crippen LogP contribution in [-0.4, -0.2) is 30.6 Å². The molecule has 2 N–H and O–H groups in total. The smallest absolute Gasteiger partial charge is 0.191 e. The number of hydrogen-bond acceptors (Lipinski definition) is 3. The molecule has 0 aliphatic heterocycles. The van der Waals surface area contributed by atoms with Gasteiger partial charge in [-0.15, -0.1) is 35.3 Å². The zero-order valence-corrected chi connectivity index (χ0v) is 15.3. The van der Waals surface area contributed by atoms with Gasteiger partial charge in [-0.3, -0.25) is 4.99 Å². The van der Waals surface area contributed by atoms with Crippen LogP contribution in [-0.2, 0) is 6.42 Å². The highest BCUT2D eigenvalue weighted by Gasteiger charge is 2.00. The summed E-state index contributed by atoms with van der Waals surface area (Å²) in [5, 5.41) is 9.84. The lowest BCUT2D eigenvalue weighted by Gasteiger charge is -2.11. The predicted octanol–water partition coefficient (Wildman–Crippen LogP) is 2.82. The molecule has 19 heavy (non-hydrogen) atoms. The van der Waals surface area contributed by atoms with Crippen LogP contribution in [0, 0.1) is 12.8 Å². The van der Waals surface area contributed by atoms with Crippen molar-refractivity contribution in [2.45, 2.75) is 34.1 Å². The van der Waals surface area contributed by atoms with E-state index in [2.05, 4.69) is 46.8 Å². The van der Waals surface area contributed by atoms with Crippen LogP contribution >= 0.6 is 35.3 Å². The van der Waals surface area contributed by atoms with E-state index >= 15 is 0 Å². The average molecular weight is 396 g/mol. The van der Waals surface area contributed by atoms with E-state index in [1.165, 1.54) is 0 Å². The Morgan fingerprint density at radius 3 is 2.68 bits per heavy atom. The monoisotopic (exact) mass is 396 g/mol. The van der Waals surface area contributed by atoms with Crippen molar-refractivity contribution < 1.29 is 0 Å². The zero-order chi connectivity index (χ0) is 13.4. The predicted molar refractivity (Wildman–Crippen MR) is 94.8 cm³/mol. The van der Waals surface area contributed by atoms with Crippen LogP contribution in [0.4, 0.5) is 0 Å². The molecule has 1 aromatic rings. The molecule has 110 valence electrons. The van der Waals surface area contributed by atoms with Gasteiger partial charge in [-0.05, 0) is 19.8 Å². The molecule has 0 saturated carbocycles. The Hall–Kier alpha value is -0.370. The SMILES string of the molecule is CCNC(=NCC(C)C)NCCc1csc(C)n1.I. The van der Waals surface area contributed by atoms with Gasteiger partial charge in [0.05, 0.1) is 10.7 Å². The van der Waals surface area contributed by atoms with Gasteiger partial charge in [0.15, 0.2) is 5.96 Å². The van der Waals surface area contributed by atoms with Gasteiger partial charge in [-0.2, -0.15) is 0 Å². The quantitative estimate of drug-likeness (QED) is 0.442. The number of guanidine groups is 1. The minimum absolute atomic E-state index is 0. The Morgan fingerprint density at radius 2 is 2.16 bits per heavy atom. The van der Waals surface area contributed by atoms with Gasteiger partial charge >= 0.3 is 0 Å². The van der Waals surface area contributed by atoms with Crippen LogP contribution in [0.15, 0.2) is 10.4 Å². The highest BCUT2D eigenvalue weighted by molar-refractivity contribution is 14.0. The van der Waals surface area contributed by atoms with Gasteiger partial charge in [0.25, 0.3) is 0 Å². The molecule has 0 atom stereocenters. The van der Waals surface area contributed by atoms with Crippen LogP contribution in [0.1, 0.15) is 31.5 Å². The summed E-state index contributed by atoms with van der Waals surface area (Å²) < 4.78 is 0. The lowest BCUT2D eigenvalue weighted by Crippen LogP contribution is -2.38. The van der Waals surface area contributed by atoms with E-state index < -0.39 is 0 Å².